The molecule has 1 saturated heterocycles. The highest BCUT2D eigenvalue weighted by Gasteiger charge is 2.45. The van der Waals surface area contributed by atoms with Crippen molar-refractivity contribution in [2.75, 3.05) is 39.9 Å². The van der Waals surface area contributed by atoms with Crippen molar-refractivity contribution in [2.24, 2.45) is 11.8 Å². The van der Waals surface area contributed by atoms with Crippen LogP contribution in [0.4, 0.5) is 4.79 Å². The first-order valence-corrected chi connectivity index (χ1v) is 11.3. The predicted molar refractivity (Wildman–Crippen MR) is 120 cm³/mol. The number of carbonyl (C=O) groups excluding carboxylic acids is 1. The maximum atomic E-state index is 12.6. The summed E-state index contributed by atoms with van der Waals surface area (Å²) in [5, 5.41) is 8.88. The molecule has 1 saturated carbocycles. The highest BCUT2D eigenvalue weighted by atomic mass is 16.6. The van der Waals surface area contributed by atoms with E-state index in [0.717, 1.165) is 43.8 Å². The van der Waals surface area contributed by atoms with Gasteiger partial charge in [-0.05, 0) is 66.6 Å². The van der Waals surface area contributed by atoms with Crippen LogP contribution in [0.3, 0.4) is 0 Å². The number of rotatable bonds is 8. The summed E-state index contributed by atoms with van der Waals surface area (Å²) in [6.07, 6.45) is 6.29. The van der Waals surface area contributed by atoms with Crippen LogP contribution in [0.15, 0.2) is 48.8 Å². The molecule has 7 nitrogen and oxygen atoms in total. The zero-order valence-electron chi connectivity index (χ0n) is 18.5. The lowest BCUT2D eigenvalue weighted by molar-refractivity contribution is 0.0402. The van der Waals surface area contributed by atoms with Crippen LogP contribution in [0.25, 0.3) is 0 Å². The molecule has 0 spiro atoms. The van der Waals surface area contributed by atoms with Gasteiger partial charge in [0.2, 0.25) is 0 Å². The lowest BCUT2D eigenvalue weighted by atomic mass is 9.91. The molecular weight excluding hydrogens is 404 g/mol. The molecule has 2 heterocycles. The van der Waals surface area contributed by atoms with Gasteiger partial charge in [-0.3, -0.25) is 9.88 Å². The van der Waals surface area contributed by atoms with Crippen LogP contribution in [-0.4, -0.2) is 66.8 Å². The van der Waals surface area contributed by atoms with E-state index in [4.69, 9.17) is 14.7 Å². The van der Waals surface area contributed by atoms with Crippen molar-refractivity contribution in [3.05, 3.63) is 59.9 Å². The lowest BCUT2D eigenvalue weighted by Gasteiger charge is -2.41. The number of pyridine rings is 1. The summed E-state index contributed by atoms with van der Waals surface area (Å²) in [6.45, 7) is 3.82. The highest BCUT2D eigenvalue weighted by Crippen LogP contribution is 2.39. The zero-order valence-corrected chi connectivity index (χ0v) is 18.5. The quantitative estimate of drug-likeness (QED) is 0.634. The molecule has 2 aliphatic rings. The minimum absolute atomic E-state index is 0.224. The summed E-state index contributed by atoms with van der Waals surface area (Å²) in [6, 6.07) is 13.5. The van der Waals surface area contributed by atoms with E-state index in [2.05, 4.69) is 16.0 Å². The molecule has 2 fully saturated rings. The van der Waals surface area contributed by atoms with Crippen LogP contribution in [0.1, 0.15) is 24.0 Å². The molecule has 7 heteroatoms. The normalized spacial score (nSPS) is 22.2. The van der Waals surface area contributed by atoms with E-state index in [9.17, 15) is 4.79 Å². The Bertz CT molecular complexity index is 914. The maximum absolute atomic E-state index is 12.6. The first-order chi connectivity index (χ1) is 15.6. The number of nitriles is 1. The van der Waals surface area contributed by atoms with Gasteiger partial charge in [0.05, 0.1) is 18.2 Å². The topological polar surface area (TPSA) is 78.7 Å². The molecule has 2 aromatic rings. The second-order valence-corrected chi connectivity index (χ2v) is 8.66. The van der Waals surface area contributed by atoms with Crippen LogP contribution >= 0.6 is 0 Å². The van der Waals surface area contributed by atoms with Crippen molar-refractivity contribution in [1.29, 1.82) is 5.26 Å². The van der Waals surface area contributed by atoms with Gasteiger partial charge >= 0.3 is 6.09 Å². The minimum atomic E-state index is -0.224. The largest absolute Gasteiger partial charge is 0.492 e. The number of aromatic nitrogens is 1. The number of piperidine rings is 1. The fraction of sp³-hybridized carbons (Fsp3) is 0.480. The molecule has 1 amide bonds. The van der Waals surface area contributed by atoms with E-state index in [1.165, 1.54) is 0 Å². The van der Waals surface area contributed by atoms with Crippen molar-refractivity contribution in [2.45, 2.75) is 25.3 Å². The van der Waals surface area contributed by atoms with Crippen molar-refractivity contribution >= 4 is 6.09 Å². The van der Waals surface area contributed by atoms with Crippen LogP contribution in [0.2, 0.25) is 0 Å². The number of hydrogen-bond acceptors (Lipinski definition) is 6. The summed E-state index contributed by atoms with van der Waals surface area (Å²) < 4.78 is 11.4. The lowest BCUT2D eigenvalue weighted by Crippen LogP contribution is -2.53. The summed E-state index contributed by atoms with van der Waals surface area (Å²) in [4.78, 5) is 20.9. The van der Waals surface area contributed by atoms with Crippen LogP contribution < -0.4 is 4.74 Å². The fourth-order valence-corrected chi connectivity index (χ4v) is 5.05. The fourth-order valence-electron chi connectivity index (χ4n) is 5.05. The first kappa shape index (κ1) is 22.1. The van der Waals surface area contributed by atoms with Gasteiger partial charge in [-0.15, -0.1) is 0 Å². The molecule has 168 valence electrons. The molecule has 1 aliphatic carbocycles. The van der Waals surface area contributed by atoms with Crippen LogP contribution in [0.5, 0.6) is 5.75 Å². The van der Waals surface area contributed by atoms with Crippen molar-refractivity contribution in [3.63, 3.8) is 0 Å². The third-order valence-corrected chi connectivity index (χ3v) is 6.62. The maximum Gasteiger partial charge on any atom is 0.409 e. The summed E-state index contributed by atoms with van der Waals surface area (Å²) in [5.74, 6) is 1.74. The van der Waals surface area contributed by atoms with E-state index in [1.54, 1.807) is 24.5 Å². The Morgan fingerprint density at radius 3 is 2.47 bits per heavy atom. The smallest absolute Gasteiger partial charge is 0.409 e. The van der Waals surface area contributed by atoms with Gasteiger partial charge in [-0.1, -0.05) is 0 Å². The molecule has 1 aliphatic heterocycles. The molecule has 1 aromatic carbocycles. The number of amides is 1. The molecular formula is C25H30N4O3. The Hall–Kier alpha value is -3.11. The second-order valence-electron chi connectivity index (χ2n) is 8.66. The standard InChI is InChI=1S/C25H30N4O3/c1-28(25(30)32-14-10-19-8-11-27-12-9-19)24-21-4-5-22(24)18-29(17-21)13-15-31-23-6-2-20(16-26)3-7-23/h2-3,6-9,11-12,21-22,24H,4-5,10,13-15,17-18H2,1H3. The Morgan fingerprint density at radius 1 is 1.12 bits per heavy atom. The van der Waals surface area contributed by atoms with E-state index in [1.807, 2.05) is 36.2 Å². The van der Waals surface area contributed by atoms with Crippen molar-refractivity contribution in [1.82, 2.24) is 14.8 Å². The average molecular weight is 435 g/mol. The van der Waals surface area contributed by atoms with E-state index < -0.39 is 0 Å². The number of likely N-dealkylation sites (tertiary alicyclic amines) is 1. The molecule has 2 atom stereocenters. The van der Waals surface area contributed by atoms with Crippen molar-refractivity contribution in [3.8, 4) is 11.8 Å². The Morgan fingerprint density at radius 2 is 1.81 bits per heavy atom. The van der Waals surface area contributed by atoms with Gasteiger partial charge < -0.3 is 14.4 Å². The van der Waals surface area contributed by atoms with Crippen LogP contribution in [-0.2, 0) is 11.2 Å². The molecule has 2 unspecified atom stereocenters. The monoisotopic (exact) mass is 434 g/mol. The molecule has 2 bridgehead atoms. The number of carbonyl (C=O) groups is 1. The Balaban J connectivity index is 1.21. The van der Waals surface area contributed by atoms with Crippen molar-refractivity contribution < 1.29 is 14.3 Å². The predicted octanol–water partition coefficient (Wildman–Crippen LogP) is 3.35. The molecule has 32 heavy (non-hydrogen) atoms. The van der Waals surface area contributed by atoms with Gasteiger partial charge in [0.15, 0.2) is 0 Å². The first-order valence-electron chi connectivity index (χ1n) is 11.3. The molecule has 1 aromatic heterocycles. The molecule has 4 rings (SSSR count). The Kier molecular flexibility index (Phi) is 7.23. The van der Waals surface area contributed by atoms with E-state index >= 15 is 0 Å². The zero-order chi connectivity index (χ0) is 22.3. The summed E-state index contributed by atoms with van der Waals surface area (Å²) in [7, 11) is 1.88. The highest BCUT2D eigenvalue weighted by molar-refractivity contribution is 5.67. The van der Waals surface area contributed by atoms with Gasteiger partial charge in [0.1, 0.15) is 12.4 Å². The SMILES string of the molecule is CN(C(=O)OCCc1ccncc1)C1C2CCC1CN(CCOc1ccc(C#N)cc1)C2. The molecule has 0 N–H and O–H groups in total. The van der Waals surface area contributed by atoms with Gasteiger partial charge in [-0.25, -0.2) is 4.79 Å². The van der Waals surface area contributed by atoms with E-state index in [-0.39, 0.29) is 12.1 Å². The van der Waals surface area contributed by atoms with Gasteiger partial charge in [0.25, 0.3) is 0 Å². The number of nitrogens with zero attached hydrogens (tertiary/aromatic N) is 4. The van der Waals surface area contributed by atoms with E-state index in [0.29, 0.717) is 37.0 Å². The summed E-state index contributed by atoms with van der Waals surface area (Å²) >= 11 is 0. The van der Waals surface area contributed by atoms with Crippen LogP contribution in [0, 0.1) is 23.2 Å². The average Bonchev–Trinajstić information content (AvgIpc) is 3.09. The second kappa shape index (κ2) is 10.5. The third kappa shape index (κ3) is 5.38. The van der Waals surface area contributed by atoms with Gasteiger partial charge in [0, 0.05) is 51.5 Å². The Labute approximate surface area is 189 Å². The van der Waals surface area contributed by atoms with Gasteiger partial charge in [-0.2, -0.15) is 5.26 Å². The third-order valence-electron chi connectivity index (χ3n) is 6.62. The summed E-state index contributed by atoms with van der Waals surface area (Å²) in [5.41, 5.74) is 1.75. The minimum Gasteiger partial charge on any atom is -0.492 e. The number of fused-ring (bicyclic) bond motifs is 2. The molecule has 0 radical (unpaired) electrons. The number of ether oxygens (including phenoxy) is 2. The number of benzene rings is 1. The number of hydrogen-bond donors (Lipinski definition) is 0.